The van der Waals surface area contributed by atoms with E-state index in [2.05, 4.69) is 51.3 Å². The Morgan fingerprint density at radius 3 is 2.13 bits per heavy atom. The molecule has 13 unspecified atom stereocenters. The summed E-state index contributed by atoms with van der Waals surface area (Å²) in [5.41, 5.74) is -1.38. The van der Waals surface area contributed by atoms with E-state index in [1.54, 1.807) is 12.1 Å². The highest BCUT2D eigenvalue weighted by Gasteiger charge is 2.72. The number of amides is 2. The van der Waals surface area contributed by atoms with Crippen LogP contribution < -0.4 is 10.6 Å². The van der Waals surface area contributed by atoms with E-state index in [1.807, 2.05) is 26.0 Å². The van der Waals surface area contributed by atoms with Crippen molar-refractivity contribution in [3.8, 4) is 0 Å². The van der Waals surface area contributed by atoms with Crippen LogP contribution in [0.1, 0.15) is 148 Å². The molecular weight excluding hydrogens is 1060 g/mol. The number of benzene rings is 1. The molecule has 0 aromatic heterocycles. The van der Waals surface area contributed by atoms with Crippen molar-refractivity contribution < 1.29 is 93.6 Å². The highest BCUT2D eigenvalue weighted by Crippen LogP contribution is 2.76. The van der Waals surface area contributed by atoms with E-state index >= 15 is 4.79 Å². The number of aliphatic hydroxyl groups excluding tert-OH is 9. The molecule has 2 amide bonds. The van der Waals surface area contributed by atoms with Crippen molar-refractivity contribution in [3.05, 3.63) is 47.0 Å². The molecule has 24 atom stereocenters. The van der Waals surface area contributed by atoms with Gasteiger partial charge in [-0.3, -0.25) is 14.4 Å². The molecule has 1 aromatic rings. The maximum absolute atomic E-state index is 15.7. The normalized spacial score (nSPS) is 46.1. The lowest BCUT2D eigenvalue weighted by atomic mass is 9.33. The Bertz CT molecular complexity index is 2500. The van der Waals surface area contributed by atoms with Crippen molar-refractivity contribution in [1.29, 1.82) is 0 Å². The van der Waals surface area contributed by atoms with Crippen molar-refractivity contribution in [3.63, 3.8) is 0 Å². The Labute approximate surface area is 480 Å². The van der Waals surface area contributed by atoms with Gasteiger partial charge in [0, 0.05) is 18.5 Å². The smallest absolute Gasteiger partial charge is 0.317 e. The molecule has 82 heavy (non-hydrogen) atoms. The predicted octanol–water partition coefficient (Wildman–Crippen LogP) is 2.38. The Morgan fingerprint density at radius 1 is 0.744 bits per heavy atom. The number of aliphatic hydroxyl groups is 9. The molecule has 8 aliphatic rings. The molecule has 0 radical (unpaired) electrons. The third-order valence-electron chi connectivity index (χ3n) is 21.9. The minimum absolute atomic E-state index is 0.0179. The first-order valence-electron chi connectivity index (χ1n) is 29.9. The molecule has 5 aliphatic carbocycles. The third-order valence-corrected chi connectivity index (χ3v) is 21.9. The zero-order valence-corrected chi connectivity index (χ0v) is 48.9. The first kappa shape index (κ1) is 63.0. The van der Waals surface area contributed by atoms with Gasteiger partial charge >= 0.3 is 5.97 Å². The van der Waals surface area contributed by atoms with Gasteiger partial charge in [0.15, 0.2) is 18.7 Å². The molecule has 460 valence electrons. The van der Waals surface area contributed by atoms with E-state index in [4.69, 9.17) is 28.4 Å². The molecule has 0 spiro atoms. The number of nitrogens with one attached hydrogen (secondary N) is 2. The van der Waals surface area contributed by atoms with Crippen molar-refractivity contribution >= 4 is 24.1 Å². The van der Waals surface area contributed by atoms with Crippen LogP contribution in [-0.4, -0.2) is 188 Å². The van der Waals surface area contributed by atoms with Crippen LogP contribution in [0.2, 0.25) is 0 Å². The summed E-state index contributed by atoms with van der Waals surface area (Å²) in [6.45, 7) is 15.5. The average molecular weight is 1160 g/mol. The molecule has 11 N–H and O–H groups in total. The lowest BCUT2D eigenvalue weighted by Gasteiger charge is -2.71. The van der Waals surface area contributed by atoms with Crippen LogP contribution in [0.25, 0.3) is 0 Å². The second-order valence-corrected chi connectivity index (χ2v) is 27.3. The molecular formula is C61H92N2O19. The summed E-state index contributed by atoms with van der Waals surface area (Å²) in [6.07, 6.45) is -13.8. The van der Waals surface area contributed by atoms with Gasteiger partial charge in [0.25, 0.3) is 5.91 Å². The molecule has 3 aliphatic heterocycles. The lowest BCUT2D eigenvalue weighted by Crippen LogP contribution is -2.69. The van der Waals surface area contributed by atoms with E-state index in [0.29, 0.717) is 63.5 Å². The van der Waals surface area contributed by atoms with E-state index in [0.717, 1.165) is 30.3 Å². The van der Waals surface area contributed by atoms with E-state index in [1.165, 1.54) is 6.92 Å². The van der Waals surface area contributed by atoms with Crippen molar-refractivity contribution in [1.82, 2.24) is 10.6 Å². The molecule has 9 rings (SSSR count). The van der Waals surface area contributed by atoms with Gasteiger partial charge in [-0.05, 0) is 136 Å². The molecule has 4 saturated carbocycles. The van der Waals surface area contributed by atoms with Crippen LogP contribution in [0.15, 0.2) is 35.9 Å². The molecule has 7 fully saturated rings. The fourth-order valence-electron chi connectivity index (χ4n) is 16.7. The van der Waals surface area contributed by atoms with Gasteiger partial charge in [-0.2, -0.15) is 0 Å². The molecule has 1 aromatic carbocycles. The van der Waals surface area contributed by atoms with Crippen LogP contribution in [0, 0.1) is 57.2 Å². The number of carbonyl (C=O) groups is 4. The fraction of sp³-hybridized carbons (Fsp3) is 0.803. The summed E-state index contributed by atoms with van der Waals surface area (Å²) in [5.74, 6) is -2.05. The van der Waals surface area contributed by atoms with Crippen LogP contribution in [-0.2, 0) is 42.8 Å². The highest BCUT2D eigenvalue weighted by molar-refractivity contribution is 5.94. The SMILES string of the molecule is Cc1ccc(C(=O)NCCCCCC(=O)N[C@H]2C(CO)O[C@@H](OC(=O)[C@]34CCC(C)(C)CC3C3=CCC5C6(C)CC[C@H](O)[C@](C)(C=O)[C@@H]6CCC5(C)[C@]3(C)CC4O)C(O[C@@H]3OC(C)[C@H](O[C@@H]4OC[C@@H](O)C(O)C4O)C(O)C3O)C2O)cc1. The van der Waals surface area contributed by atoms with Crippen LogP contribution in [0.3, 0.4) is 0 Å². The number of ether oxygens (including phenoxy) is 6. The van der Waals surface area contributed by atoms with E-state index in [-0.39, 0.29) is 53.3 Å². The fourth-order valence-corrected chi connectivity index (χ4v) is 16.7. The van der Waals surface area contributed by atoms with Crippen LogP contribution >= 0.6 is 0 Å². The first-order valence-corrected chi connectivity index (χ1v) is 29.9. The third kappa shape index (κ3) is 11.1. The quantitative estimate of drug-likeness (QED) is 0.0490. The van der Waals surface area contributed by atoms with Crippen molar-refractivity contribution in [2.24, 2.45) is 50.2 Å². The molecule has 21 heteroatoms. The number of aldehydes is 1. The number of unbranched alkanes of at least 4 members (excludes halogenated alkanes) is 2. The van der Waals surface area contributed by atoms with E-state index < -0.39 is 145 Å². The molecule has 0 bridgehead atoms. The monoisotopic (exact) mass is 1160 g/mol. The number of hydrogen-bond acceptors (Lipinski definition) is 19. The average Bonchev–Trinajstić information content (AvgIpc) is 0.729. The van der Waals surface area contributed by atoms with Crippen LogP contribution in [0.4, 0.5) is 0 Å². The maximum atomic E-state index is 15.7. The Kier molecular flexibility index (Phi) is 18.4. The number of aryl methyl sites for hydroxylation is 1. The van der Waals surface area contributed by atoms with E-state index in [9.17, 15) is 60.3 Å². The van der Waals surface area contributed by atoms with Crippen molar-refractivity contribution in [2.75, 3.05) is 19.8 Å². The van der Waals surface area contributed by atoms with Crippen molar-refractivity contribution in [2.45, 2.75) is 237 Å². The Morgan fingerprint density at radius 2 is 1.44 bits per heavy atom. The highest BCUT2D eigenvalue weighted by atomic mass is 16.8. The molecule has 21 nitrogen and oxygen atoms in total. The summed E-state index contributed by atoms with van der Waals surface area (Å²) in [5, 5.41) is 107. The van der Waals surface area contributed by atoms with Gasteiger partial charge in [0.2, 0.25) is 12.2 Å². The largest absolute Gasteiger partial charge is 0.432 e. The predicted molar refractivity (Wildman–Crippen MR) is 292 cm³/mol. The van der Waals surface area contributed by atoms with Gasteiger partial charge in [0.1, 0.15) is 60.5 Å². The number of fused-ring (bicyclic) bond motifs is 7. The van der Waals surface area contributed by atoms with Gasteiger partial charge in [0.05, 0.1) is 43.0 Å². The second kappa shape index (κ2) is 24.0. The summed E-state index contributed by atoms with van der Waals surface area (Å²) in [6, 6.07) is 5.80. The Balaban J connectivity index is 0.963. The van der Waals surface area contributed by atoms with Crippen LogP contribution in [0.5, 0.6) is 0 Å². The minimum Gasteiger partial charge on any atom is -0.432 e. The summed E-state index contributed by atoms with van der Waals surface area (Å²) in [7, 11) is 0. The number of carbonyl (C=O) groups excluding carboxylic acids is 4. The zero-order chi connectivity index (χ0) is 59.6. The zero-order valence-electron chi connectivity index (χ0n) is 48.9. The second-order valence-electron chi connectivity index (χ2n) is 27.3. The number of esters is 1. The maximum Gasteiger partial charge on any atom is 0.317 e. The van der Waals surface area contributed by atoms with Gasteiger partial charge in [-0.15, -0.1) is 0 Å². The number of allylic oxidation sites excluding steroid dienone is 2. The summed E-state index contributed by atoms with van der Waals surface area (Å²) in [4.78, 5) is 54.8. The number of hydrogen-bond donors (Lipinski definition) is 11. The van der Waals surface area contributed by atoms with Gasteiger partial charge in [-0.25, -0.2) is 0 Å². The lowest BCUT2D eigenvalue weighted by molar-refractivity contribution is -0.370. The minimum atomic E-state index is -1.96. The van der Waals surface area contributed by atoms with Gasteiger partial charge < -0.3 is 89.8 Å². The molecule has 3 heterocycles. The topological polar surface area (TPSA) is 330 Å². The first-order chi connectivity index (χ1) is 38.6. The summed E-state index contributed by atoms with van der Waals surface area (Å²) < 4.78 is 36.5. The van der Waals surface area contributed by atoms with Gasteiger partial charge in [-0.1, -0.05) is 77.3 Å². The number of rotatable bonds is 16. The Hall–Kier alpha value is -3.52. The molecule has 3 saturated heterocycles. The standard InChI is InChI=1S/C61H92N2O19/c1-31-13-15-33(16-14-31)51(75)62-25-11-9-10-12-42(69)63-43-37(28-64)79-54(50(45(43)71)81-53-48(74)46(72)49(32(2)78-53)80-52-47(73)44(70)36(66)29-77-52)82-55(76)61-24-23-56(3,4)26-35(61)34-17-18-39-57(5)21-20-40(67)58(6,30-65)38(57)19-22-59(39,7)60(34,8)27-41(61)68/h13-17,30,32,35-41,43-50,52-54,64,66-68,70-74H,9-12,18-29H2,1-8H3,(H,62,75)(H,63,69)/t32?,35?,36-,37?,38-,39?,40+,41?,43+,44?,45?,46?,47?,48?,49+,50?,52+,53+,54+,57?,58-,59?,60-,61-/m1/s1. The summed E-state index contributed by atoms with van der Waals surface area (Å²) >= 11 is 0.